The van der Waals surface area contributed by atoms with Crippen molar-refractivity contribution in [3.05, 3.63) is 21.9 Å². The fraction of sp³-hybridized carbons (Fsp3) is 0.621. The number of thiophene rings is 1. The number of hydrogen-bond acceptors (Lipinski definition) is 11. The minimum atomic E-state index is -1.27. The topological polar surface area (TPSA) is 255 Å². The normalized spacial score (nSPS) is 27.8. The number of nitrogens with one attached hydrogen (secondary N) is 5. The quantitative estimate of drug-likeness (QED) is 0.157. The van der Waals surface area contributed by atoms with Gasteiger partial charge >= 0.3 is 0 Å². The number of aliphatic hydroxyl groups is 1. The highest BCUT2D eigenvalue weighted by molar-refractivity contribution is 8.00. The van der Waals surface area contributed by atoms with E-state index in [1.165, 1.54) is 16.2 Å². The first-order valence-corrected chi connectivity index (χ1v) is 17.0. The summed E-state index contributed by atoms with van der Waals surface area (Å²) in [6, 6.07) is -2.25. The van der Waals surface area contributed by atoms with Crippen molar-refractivity contribution in [2.45, 2.75) is 76.8 Å². The molecule has 10 N–H and O–H groups in total. The number of carbonyl (C=O) groups excluding carboxylic acids is 7. The van der Waals surface area contributed by atoms with Crippen molar-refractivity contribution in [2.75, 3.05) is 31.1 Å². The summed E-state index contributed by atoms with van der Waals surface area (Å²) in [6.07, 6.45) is -1.05. The number of carbonyl (C=O) groups is 7. The second-order valence-electron chi connectivity index (χ2n) is 12.6. The van der Waals surface area contributed by atoms with Gasteiger partial charge in [0.25, 0.3) is 0 Å². The highest BCUT2D eigenvalue weighted by atomic mass is 32.2. The lowest BCUT2D eigenvalue weighted by molar-refractivity contribution is -0.144. The van der Waals surface area contributed by atoms with Gasteiger partial charge in [0.1, 0.15) is 30.2 Å². The van der Waals surface area contributed by atoms with Crippen LogP contribution >= 0.6 is 23.1 Å². The van der Waals surface area contributed by atoms with E-state index >= 15 is 0 Å². The first kappa shape index (κ1) is 37.7. The highest BCUT2D eigenvalue weighted by Crippen LogP contribution is 2.27. The number of nitrogens with zero attached hydrogens (tertiary/aromatic N) is 1. The van der Waals surface area contributed by atoms with Crippen LogP contribution in [0.25, 0.3) is 0 Å². The molecule has 3 heterocycles. The molecule has 47 heavy (non-hydrogen) atoms. The summed E-state index contributed by atoms with van der Waals surface area (Å²) < 4.78 is 0. The van der Waals surface area contributed by atoms with Crippen LogP contribution in [0.4, 0.5) is 0 Å². The molecule has 0 saturated carbocycles. The van der Waals surface area contributed by atoms with Crippen LogP contribution in [0.5, 0.6) is 0 Å². The van der Waals surface area contributed by atoms with E-state index in [9.17, 15) is 38.7 Å². The monoisotopic (exact) mass is 696 g/mol. The standard InChI is InChI=1S/C29H44N8O8S2/c1-14-5-6-16(47-14)8-17-25(42)32-10-21(39)33-18(9-30)26(43)35-19(24(31)41)12-46-13-22(40)36-23(29(2,3)4)28(45)37-11-15(38)7-20(37)27(44)34-17/h5-6,15,17-20,23,38H,7-13,30H2,1-4H3,(H2,31,41)(H,32,42)(H,33,39)(H,34,44)(H,35,43)(H,36,40)/t15-,17+,18-,19-,20+,23-/m1/s1. The zero-order chi connectivity index (χ0) is 35.1. The number of aliphatic hydroxyl groups excluding tert-OH is 1. The summed E-state index contributed by atoms with van der Waals surface area (Å²) >= 11 is 2.39. The van der Waals surface area contributed by atoms with Crippen molar-refractivity contribution in [3.63, 3.8) is 0 Å². The molecule has 0 radical (unpaired) electrons. The molecule has 1 aromatic heterocycles. The first-order chi connectivity index (χ1) is 22.0. The van der Waals surface area contributed by atoms with E-state index in [1.54, 1.807) is 26.8 Å². The number of thioether (sulfide) groups is 1. The third-order valence-electron chi connectivity index (χ3n) is 7.61. The molecule has 0 unspecified atom stereocenters. The number of primary amides is 1. The smallest absolute Gasteiger partial charge is 0.246 e. The number of rotatable bonds is 4. The van der Waals surface area contributed by atoms with Gasteiger partial charge in [0.2, 0.25) is 41.4 Å². The summed E-state index contributed by atoms with van der Waals surface area (Å²) in [5.41, 5.74) is 10.3. The Morgan fingerprint density at radius 1 is 0.979 bits per heavy atom. The number of hydrogen-bond donors (Lipinski definition) is 8. The Labute approximate surface area is 280 Å². The second kappa shape index (κ2) is 16.4. The van der Waals surface area contributed by atoms with Gasteiger partial charge in [0, 0.05) is 41.4 Å². The predicted octanol–water partition coefficient (Wildman–Crippen LogP) is -3.15. The molecule has 2 aliphatic heterocycles. The van der Waals surface area contributed by atoms with Gasteiger partial charge < -0.3 is 48.1 Å². The zero-order valence-corrected chi connectivity index (χ0v) is 28.4. The van der Waals surface area contributed by atoms with Crippen molar-refractivity contribution in [2.24, 2.45) is 16.9 Å². The molecule has 2 aliphatic rings. The van der Waals surface area contributed by atoms with Crippen LogP contribution in [-0.2, 0) is 40.0 Å². The van der Waals surface area contributed by atoms with E-state index in [0.717, 1.165) is 21.5 Å². The number of aryl methyl sites for hydroxylation is 1. The Hall–Kier alpha value is -3.74. The Balaban J connectivity index is 1.96. The number of amides is 7. The van der Waals surface area contributed by atoms with Crippen LogP contribution in [0.2, 0.25) is 0 Å². The lowest BCUT2D eigenvalue weighted by atomic mass is 9.85. The molecule has 3 rings (SSSR count). The maximum absolute atomic E-state index is 13.9. The lowest BCUT2D eigenvalue weighted by Crippen LogP contribution is -2.59. The molecular weight excluding hydrogens is 653 g/mol. The van der Waals surface area contributed by atoms with Crippen LogP contribution in [0.1, 0.15) is 36.9 Å². The van der Waals surface area contributed by atoms with Gasteiger partial charge in [-0.15, -0.1) is 23.1 Å². The van der Waals surface area contributed by atoms with Gasteiger partial charge in [-0.25, -0.2) is 0 Å². The number of nitrogens with two attached hydrogens (primary N) is 2. The maximum Gasteiger partial charge on any atom is 0.246 e. The molecule has 0 bridgehead atoms. The minimum absolute atomic E-state index is 0.0710. The van der Waals surface area contributed by atoms with Crippen molar-refractivity contribution >= 4 is 64.4 Å². The summed E-state index contributed by atoms with van der Waals surface area (Å²) in [7, 11) is 0. The van der Waals surface area contributed by atoms with Gasteiger partial charge in [-0.1, -0.05) is 20.8 Å². The molecule has 16 nitrogen and oxygen atoms in total. The van der Waals surface area contributed by atoms with E-state index in [1.807, 2.05) is 13.0 Å². The maximum atomic E-state index is 13.9. The fourth-order valence-electron chi connectivity index (χ4n) is 5.10. The molecule has 6 atom stereocenters. The third kappa shape index (κ3) is 10.6. The summed E-state index contributed by atoms with van der Waals surface area (Å²) in [5, 5.41) is 23.2. The molecule has 0 aliphatic carbocycles. The summed E-state index contributed by atoms with van der Waals surface area (Å²) in [5.74, 6) is -5.31. The molecule has 18 heteroatoms. The Morgan fingerprint density at radius 3 is 2.28 bits per heavy atom. The van der Waals surface area contributed by atoms with E-state index in [4.69, 9.17) is 11.5 Å². The molecule has 2 fully saturated rings. The molecule has 2 saturated heterocycles. The fourth-order valence-corrected chi connectivity index (χ4v) is 6.91. The van der Waals surface area contributed by atoms with E-state index in [0.29, 0.717) is 0 Å². The third-order valence-corrected chi connectivity index (χ3v) is 9.66. The minimum Gasteiger partial charge on any atom is -0.391 e. The molecule has 1 aromatic rings. The molecule has 0 spiro atoms. The average molecular weight is 697 g/mol. The molecular formula is C29H44N8O8S2. The van der Waals surface area contributed by atoms with Gasteiger partial charge in [-0.2, -0.15) is 0 Å². The van der Waals surface area contributed by atoms with Crippen LogP contribution in [-0.4, -0.2) is 119 Å². The van der Waals surface area contributed by atoms with Crippen molar-refractivity contribution in [1.82, 2.24) is 31.5 Å². The summed E-state index contributed by atoms with van der Waals surface area (Å²) in [4.78, 5) is 94.6. The Kier molecular flexibility index (Phi) is 13.1. The molecule has 260 valence electrons. The Bertz CT molecular complexity index is 1370. The van der Waals surface area contributed by atoms with Crippen LogP contribution < -0.4 is 38.1 Å². The number of fused-ring (bicyclic) bond motifs is 1. The van der Waals surface area contributed by atoms with Crippen molar-refractivity contribution in [3.8, 4) is 0 Å². The van der Waals surface area contributed by atoms with Crippen molar-refractivity contribution in [1.29, 1.82) is 0 Å². The van der Waals surface area contributed by atoms with Crippen LogP contribution in [0.15, 0.2) is 12.1 Å². The van der Waals surface area contributed by atoms with Gasteiger partial charge in [0.15, 0.2) is 0 Å². The SMILES string of the molecule is Cc1ccc(C[C@@H]2NC(=O)[C@@H]3C[C@@H](O)CN3C(=O)[C@H](C(C)(C)C)NC(=O)CSC[C@H](C(N)=O)NC(=O)[C@@H](CN)NC(=O)CNC2=O)s1. The first-order valence-electron chi connectivity index (χ1n) is 15.1. The second-order valence-corrected chi connectivity index (χ2v) is 15.0. The van der Waals surface area contributed by atoms with Crippen LogP contribution in [0, 0.1) is 12.3 Å². The van der Waals surface area contributed by atoms with Crippen LogP contribution in [0.3, 0.4) is 0 Å². The molecule has 0 aromatic carbocycles. The van der Waals surface area contributed by atoms with Gasteiger partial charge in [-0.3, -0.25) is 33.6 Å². The van der Waals surface area contributed by atoms with E-state index in [-0.39, 0.29) is 37.4 Å². The summed E-state index contributed by atoms with van der Waals surface area (Å²) in [6.45, 7) is 6.01. The van der Waals surface area contributed by atoms with Gasteiger partial charge in [0.05, 0.1) is 18.4 Å². The highest BCUT2D eigenvalue weighted by Gasteiger charge is 2.45. The Morgan fingerprint density at radius 2 is 1.68 bits per heavy atom. The van der Waals surface area contributed by atoms with Crippen molar-refractivity contribution < 1.29 is 38.7 Å². The average Bonchev–Trinajstić information content (AvgIpc) is 3.59. The predicted molar refractivity (Wildman–Crippen MR) is 175 cm³/mol. The largest absolute Gasteiger partial charge is 0.391 e. The molecule has 7 amide bonds. The lowest BCUT2D eigenvalue weighted by Gasteiger charge is -2.35. The van der Waals surface area contributed by atoms with Gasteiger partial charge in [-0.05, 0) is 24.5 Å². The zero-order valence-electron chi connectivity index (χ0n) is 26.8. The van der Waals surface area contributed by atoms with E-state index < -0.39 is 89.6 Å². The van der Waals surface area contributed by atoms with E-state index in [2.05, 4.69) is 26.6 Å².